The van der Waals surface area contributed by atoms with Gasteiger partial charge in [-0.05, 0) is 50.8 Å². The fraction of sp³-hybridized carbons (Fsp3) is 0.476. The molecule has 0 bridgehead atoms. The van der Waals surface area contributed by atoms with Gasteiger partial charge >= 0.3 is 6.03 Å². The first-order chi connectivity index (χ1) is 14.5. The molecule has 4 heterocycles. The molecule has 8 nitrogen and oxygen atoms in total. The summed E-state index contributed by atoms with van der Waals surface area (Å²) in [6.07, 6.45) is 5.61. The quantitative estimate of drug-likeness (QED) is 0.823. The number of benzene rings is 1. The van der Waals surface area contributed by atoms with Crippen molar-refractivity contribution in [3.63, 3.8) is 0 Å². The van der Waals surface area contributed by atoms with Crippen molar-refractivity contribution in [3.8, 4) is 5.69 Å². The number of carbonyl (C=O) groups excluding carboxylic acids is 2. The van der Waals surface area contributed by atoms with E-state index in [0.29, 0.717) is 35.9 Å². The Morgan fingerprint density at radius 1 is 1.07 bits per heavy atom. The van der Waals surface area contributed by atoms with E-state index in [-0.39, 0.29) is 11.9 Å². The van der Waals surface area contributed by atoms with Crippen LogP contribution in [0, 0.1) is 5.82 Å². The van der Waals surface area contributed by atoms with E-state index in [9.17, 15) is 14.0 Å². The SMILES string of the molecule is C[C@H]1c2c(C(=O)NN3CCCC3)ncn2-c2ccc(F)cc2N1C(=O)N1CCCC1. The van der Waals surface area contributed by atoms with Crippen LogP contribution in [0.25, 0.3) is 5.69 Å². The Bertz CT molecular complexity index is 993. The Balaban J connectivity index is 1.56. The molecule has 0 aliphatic carbocycles. The van der Waals surface area contributed by atoms with E-state index < -0.39 is 11.9 Å². The van der Waals surface area contributed by atoms with Crippen molar-refractivity contribution < 1.29 is 14.0 Å². The van der Waals surface area contributed by atoms with Crippen molar-refractivity contribution in [2.45, 2.75) is 38.6 Å². The highest BCUT2D eigenvalue weighted by atomic mass is 19.1. The Hall–Kier alpha value is -2.94. The normalized spacial score (nSPS) is 20.9. The second kappa shape index (κ2) is 7.39. The number of urea groups is 1. The third-order valence-electron chi connectivity index (χ3n) is 6.21. The van der Waals surface area contributed by atoms with Crippen molar-refractivity contribution in [1.82, 2.24) is 24.9 Å². The molecular weight excluding hydrogens is 387 g/mol. The van der Waals surface area contributed by atoms with Crippen molar-refractivity contribution in [2.75, 3.05) is 31.1 Å². The van der Waals surface area contributed by atoms with Gasteiger partial charge in [-0.1, -0.05) is 0 Å². The van der Waals surface area contributed by atoms with Crippen molar-refractivity contribution in [2.24, 2.45) is 0 Å². The number of anilines is 1. The molecular formula is C21H25FN6O2. The molecule has 0 radical (unpaired) electrons. The van der Waals surface area contributed by atoms with Gasteiger partial charge < -0.3 is 4.90 Å². The van der Waals surface area contributed by atoms with E-state index in [0.717, 1.165) is 38.8 Å². The summed E-state index contributed by atoms with van der Waals surface area (Å²) in [4.78, 5) is 34.1. The lowest BCUT2D eigenvalue weighted by Gasteiger charge is -2.38. The minimum Gasteiger partial charge on any atom is -0.324 e. The Kier molecular flexibility index (Phi) is 4.69. The first-order valence-electron chi connectivity index (χ1n) is 10.6. The molecule has 1 aromatic carbocycles. The minimum absolute atomic E-state index is 0.162. The van der Waals surface area contributed by atoms with Crippen LogP contribution in [-0.2, 0) is 0 Å². The van der Waals surface area contributed by atoms with E-state index in [1.807, 2.05) is 11.9 Å². The number of amides is 3. The molecule has 0 saturated carbocycles. The summed E-state index contributed by atoms with van der Waals surface area (Å²) in [7, 11) is 0. The number of likely N-dealkylation sites (tertiary alicyclic amines) is 1. The predicted octanol–water partition coefficient (Wildman–Crippen LogP) is 2.85. The van der Waals surface area contributed by atoms with Gasteiger partial charge in [-0.25, -0.2) is 19.2 Å². The predicted molar refractivity (Wildman–Crippen MR) is 109 cm³/mol. The number of hydrazine groups is 1. The van der Waals surface area contributed by atoms with E-state index in [2.05, 4.69) is 10.4 Å². The fourth-order valence-electron chi connectivity index (χ4n) is 4.70. The highest BCUT2D eigenvalue weighted by Gasteiger charge is 2.39. The first kappa shape index (κ1) is 19.0. The lowest BCUT2D eigenvalue weighted by Crippen LogP contribution is -2.46. The van der Waals surface area contributed by atoms with Crippen LogP contribution in [-0.4, -0.2) is 57.6 Å². The molecule has 9 heteroatoms. The largest absolute Gasteiger partial charge is 0.325 e. The Morgan fingerprint density at radius 3 is 2.50 bits per heavy atom. The second-order valence-corrected chi connectivity index (χ2v) is 8.14. The number of carbonyl (C=O) groups is 2. The maximum atomic E-state index is 14.1. The summed E-state index contributed by atoms with van der Waals surface area (Å²) in [5, 5.41) is 1.90. The molecule has 3 aliphatic heterocycles. The number of hydrogen-bond acceptors (Lipinski definition) is 4. The van der Waals surface area contributed by atoms with Gasteiger partial charge in [0.2, 0.25) is 0 Å². The number of hydrogen-bond donors (Lipinski definition) is 1. The third kappa shape index (κ3) is 3.04. The van der Waals surface area contributed by atoms with Gasteiger partial charge in [-0.3, -0.25) is 19.7 Å². The number of nitrogens with zero attached hydrogens (tertiary/aromatic N) is 5. The maximum Gasteiger partial charge on any atom is 0.325 e. The van der Waals surface area contributed by atoms with Crippen molar-refractivity contribution in [3.05, 3.63) is 41.7 Å². The van der Waals surface area contributed by atoms with E-state index in [1.165, 1.54) is 12.1 Å². The van der Waals surface area contributed by atoms with Gasteiger partial charge in [-0.15, -0.1) is 0 Å². The summed E-state index contributed by atoms with van der Waals surface area (Å²) in [5.74, 6) is -0.688. The van der Waals surface area contributed by atoms with Gasteiger partial charge in [0.05, 0.1) is 23.1 Å². The standard InChI is InChI=1S/C21H25FN6O2/c1-14-19-18(20(29)24-26-10-4-5-11-26)23-13-27(19)16-7-6-15(22)12-17(16)28(14)21(30)25-8-2-3-9-25/h6-7,12-14H,2-5,8-11H2,1H3,(H,24,29)/t14-/m0/s1. The second-order valence-electron chi connectivity index (χ2n) is 8.14. The summed E-state index contributed by atoms with van der Waals surface area (Å²) in [6.45, 7) is 4.88. The van der Waals surface area contributed by atoms with Gasteiger partial charge in [0, 0.05) is 26.2 Å². The van der Waals surface area contributed by atoms with Crippen molar-refractivity contribution >= 4 is 17.6 Å². The average molecular weight is 412 g/mol. The lowest BCUT2D eigenvalue weighted by atomic mass is 10.0. The third-order valence-corrected chi connectivity index (χ3v) is 6.21. The lowest BCUT2D eigenvalue weighted by molar-refractivity contribution is 0.0819. The molecule has 30 heavy (non-hydrogen) atoms. The van der Waals surface area contributed by atoms with Crippen LogP contribution in [0.1, 0.15) is 54.8 Å². The smallest absolute Gasteiger partial charge is 0.324 e. The zero-order chi connectivity index (χ0) is 20.8. The summed E-state index contributed by atoms with van der Waals surface area (Å²) in [6, 6.07) is 3.75. The number of rotatable bonds is 2. The van der Waals surface area contributed by atoms with Crippen LogP contribution in [0.4, 0.5) is 14.9 Å². The van der Waals surface area contributed by atoms with E-state index in [1.54, 1.807) is 26.8 Å². The summed E-state index contributed by atoms with van der Waals surface area (Å²) >= 11 is 0. The molecule has 0 spiro atoms. The van der Waals surface area contributed by atoms with Gasteiger partial charge in [-0.2, -0.15) is 0 Å². The van der Waals surface area contributed by atoms with Crippen LogP contribution in [0.5, 0.6) is 0 Å². The Morgan fingerprint density at radius 2 is 1.77 bits per heavy atom. The number of imidazole rings is 1. The van der Waals surface area contributed by atoms with Crippen LogP contribution < -0.4 is 10.3 Å². The van der Waals surface area contributed by atoms with Gasteiger partial charge in [0.15, 0.2) is 5.69 Å². The number of fused-ring (bicyclic) bond motifs is 3. The zero-order valence-corrected chi connectivity index (χ0v) is 17.0. The Labute approximate surface area is 174 Å². The molecule has 158 valence electrons. The highest BCUT2D eigenvalue weighted by molar-refractivity contribution is 5.99. The van der Waals surface area contributed by atoms with Crippen molar-refractivity contribution in [1.29, 1.82) is 0 Å². The number of halogens is 1. The van der Waals surface area contributed by atoms with Crippen LogP contribution in [0.2, 0.25) is 0 Å². The molecule has 1 aromatic heterocycles. The molecule has 3 amide bonds. The monoisotopic (exact) mass is 412 g/mol. The number of nitrogens with one attached hydrogen (secondary N) is 1. The van der Waals surface area contributed by atoms with Gasteiger partial charge in [0.25, 0.3) is 5.91 Å². The zero-order valence-electron chi connectivity index (χ0n) is 17.0. The molecule has 3 aliphatic rings. The molecule has 1 N–H and O–H groups in total. The highest BCUT2D eigenvalue weighted by Crippen LogP contribution is 2.41. The van der Waals surface area contributed by atoms with Crippen LogP contribution in [0.15, 0.2) is 24.5 Å². The minimum atomic E-state index is -0.464. The molecule has 0 unspecified atom stereocenters. The molecule has 2 fully saturated rings. The van der Waals surface area contributed by atoms with Gasteiger partial charge in [0.1, 0.15) is 12.1 Å². The molecule has 5 rings (SSSR count). The average Bonchev–Trinajstić information content (AvgIpc) is 3.49. The first-order valence-corrected chi connectivity index (χ1v) is 10.6. The molecule has 2 aromatic rings. The molecule has 2 saturated heterocycles. The summed E-state index contributed by atoms with van der Waals surface area (Å²) in [5.41, 5.74) is 5.00. The van der Waals surface area contributed by atoms with E-state index in [4.69, 9.17) is 0 Å². The number of aromatic nitrogens is 2. The summed E-state index contributed by atoms with van der Waals surface area (Å²) < 4.78 is 15.9. The topological polar surface area (TPSA) is 73.7 Å². The van der Waals surface area contributed by atoms with Crippen LogP contribution in [0.3, 0.4) is 0 Å². The fourth-order valence-corrected chi connectivity index (χ4v) is 4.70. The maximum absolute atomic E-state index is 14.1. The molecule has 1 atom stereocenters. The van der Waals surface area contributed by atoms with E-state index >= 15 is 0 Å². The van der Waals surface area contributed by atoms with Crippen LogP contribution >= 0.6 is 0 Å².